The lowest BCUT2D eigenvalue weighted by Gasteiger charge is -2.37. The monoisotopic (exact) mass is 1700 g/mol. The summed E-state index contributed by atoms with van der Waals surface area (Å²) in [5.74, 6) is 1.23. The summed E-state index contributed by atoms with van der Waals surface area (Å²) in [4.78, 5) is 89.2. The van der Waals surface area contributed by atoms with E-state index in [9.17, 15) is 28.8 Å². The maximum atomic E-state index is 12.8. The topological polar surface area (TPSA) is 371 Å². The standard InChI is InChI=1S/C28H35N5O3.2C20H26N4O.C16H21NO2.C12H14N6O.CH4/c1-3-10-25(34)31-21-15-16-23(29-18-21)27-26-22(19(2)32-33-27)13-8-5-9-14-24(26)36-28(35)30-17-20-11-6-4-7-12-20;2*1-3-8-19(25)22-15-11-12-18(21-13-15)20-17-10-7-5-4-6-9-16(17)14(2)23-24-20;18-16(17-13-14-9-5-4-6-10-14)19-15-11-7-2-1-3-8-12-15;1-3-4-11(19)14-9-5-6-10(13-7-9)12-17-15-8(2)16-18-12;/h4,6-7,11-12,15-16,18,22,24,26H,3,5,8-10,13-14,17H2,1-2H3,(H,30,35)(H,31,34);11-13H,3-10H2,1-2H3,(H,22,25);10-13,16H,3-9H2,1-2H3,(H,22,25);4-7,9-11,15H,1-3,8,12-13H2,(H,17,18);5-7H,3-4H2,1-2H3,(H,14,19);1H4/b;;;11-7+;;. The van der Waals surface area contributed by atoms with Crippen LogP contribution in [0.1, 0.15) is 267 Å². The summed E-state index contributed by atoms with van der Waals surface area (Å²) in [5, 5.41) is 59.2. The van der Waals surface area contributed by atoms with Crippen LogP contribution in [0.5, 0.6) is 0 Å². The van der Waals surface area contributed by atoms with Crippen LogP contribution < -0.4 is 31.9 Å². The fourth-order valence-corrected chi connectivity index (χ4v) is 15.5. The lowest BCUT2D eigenvalue weighted by atomic mass is 9.73. The van der Waals surface area contributed by atoms with Gasteiger partial charge in [-0.15, -0.1) is 30.6 Å². The van der Waals surface area contributed by atoms with Crippen molar-refractivity contribution in [2.75, 3.05) is 21.3 Å². The Morgan fingerprint density at radius 2 is 0.896 bits per heavy atom. The van der Waals surface area contributed by atoms with Gasteiger partial charge in [0.2, 0.25) is 29.5 Å². The normalized spacial score (nSPS) is 17.9. The second-order valence-electron chi connectivity index (χ2n) is 31.9. The number of hydrogen-bond donors (Lipinski definition) is 6. The van der Waals surface area contributed by atoms with Gasteiger partial charge in [-0.05, 0) is 226 Å². The molecule has 5 unspecified atom stereocenters. The van der Waals surface area contributed by atoms with Crippen LogP contribution in [0.25, 0.3) is 22.9 Å². The number of amides is 6. The molecule has 0 saturated heterocycles. The molecule has 6 N–H and O–H groups in total. The summed E-state index contributed by atoms with van der Waals surface area (Å²) >= 11 is 0. The van der Waals surface area contributed by atoms with E-state index in [1.165, 1.54) is 74.5 Å². The number of anilines is 4. The third-order valence-corrected chi connectivity index (χ3v) is 22.0. The number of carbonyl (C=O) groups is 6. The number of allylic oxidation sites excluding steroid dienone is 3. The number of hydrogen-bond acceptors (Lipinski definition) is 22. The molecule has 662 valence electrons. The first-order valence-electron chi connectivity index (χ1n) is 44.5. The Bertz CT molecular complexity index is 4930. The Morgan fingerprint density at radius 3 is 1.44 bits per heavy atom. The smallest absolute Gasteiger partial charge is 0.407 e. The fraction of sp³-hybridized carbons (Fsp3) is 0.464. The van der Waals surface area contributed by atoms with Crippen LogP contribution in [0.2, 0.25) is 0 Å². The van der Waals surface area contributed by atoms with Crippen LogP contribution in [-0.2, 0) is 54.6 Å². The molecule has 14 rings (SSSR count). The molecule has 6 aromatic heterocycles. The van der Waals surface area contributed by atoms with Crippen LogP contribution in [0.15, 0.2) is 178 Å². The quantitative estimate of drug-likeness (QED) is 0.0343. The highest BCUT2D eigenvalue weighted by molar-refractivity contribution is 6.16. The van der Waals surface area contributed by atoms with Crippen LogP contribution in [0.3, 0.4) is 0 Å². The lowest BCUT2D eigenvalue weighted by Crippen LogP contribution is -2.44. The van der Waals surface area contributed by atoms with Gasteiger partial charge in [-0.2, -0.15) is 20.4 Å². The van der Waals surface area contributed by atoms with Gasteiger partial charge < -0.3 is 41.4 Å². The van der Waals surface area contributed by atoms with Gasteiger partial charge in [-0.1, -0.05) is 153 Å². The van der Waals surface area contributed by atoms with Crippen LogP contribution in [0.4, 0.5) is 32.3 Å². The average Bonchev–Trinajstić information content (AvgIpc) is 0.787. The number of nitrogens with zero attached hydrogens (tertiary/aromatic N) is 14. The predicted molar refractivity (Wildman–Crippen MR) is 494 cm³/mol. The van der Waals surface area contributed by atoms with Crippen LogP contribution in [-0.4, -0.2) is 121 Å². The second-order valence-corrected chi connectivity index (χ2v) is 31.9. The number of rotatable bonds is 22. The van der Waals surface area contributed by atoms with E-state index in [-0.39, 0.29) is 61.2 Å². The van der Waals surface area contributed by atoms with Gasteiger partial charge in [-0.25, -0.2) is 9.59 Å². The van der Waals surface area contributed by atoms with Crippen molar-refractivity contribution < 1.29 is 38.2 Å². The van der Waals surface area contributed by atoms with Gasteiger partial charge in [0.15, 0.2) is 5.82 Å². The van der Waals surface area contributed by atoms with Crippen molar-refractivity contribution in [1.82, 2.24) is 61.2 Å². The van der Waals surface area contributed by atoms with E-state index in [1.54, 1.807) is 43.8 Å². The van der Waals surface area contributed by atoms with E-state index in [1.807, 2.05) is 138 Å². The first-order chi connectivity index (χ1) is 60.4. The minimum Gasteiger partial charge on any atom is -0.446 e. The summed E-state index contributed by atoms with van der Waals surface area (Å²) in [6.45, 7) is 16.7. The van der Waals surface area contributed by atoms with Crippen LogP contribution in [0, 0.1) is 31.6 Å². The van der Waals surface area contributed by atoms with Crippen molar-refractivity contribution in [2.45, 2.75) is 274 Å². The van der Waals surface area contributed by atoms with E-state index in [0.717, 1.165) is 171 Å². The summed E-state index contributed by atoms with van der Waals surface area (Å²) in [5.41, 5.74) is 17.3. The van der Waals surface area contributed by atoms with Gasteiger partial charge in [0.05, 0.1) is 81.9 Å². The molecule has 6 aliphatic rings. The van der Waals surface area contributed by atoms with E-state index in [2.05, 4.69) is 129 Å². The molecule has 28 nitrogen and oxygen atoms in total. The van der Waals surface area contributed by atoms with Gasteiger partial charge >= 0.3 is 12.2 Å². The summed E-state index contributed by atoms with van der Waals surface area (Å²) in [6.07, 6.45) is 40.8. The van der Waals surface area contributed by atoms with Crippen LogP contribution >= 0.6 is 0 Å². The van der Waals surface area contributed by atoms with Gasteiger partial charge in [0, 0.05) is 62.0 Å². The first-order valence-corrected chi connectivity index (χ1v) is 44.5. The van der Waals surface area contributed by atoms with Gasteiger partial charge in [0.25, 0.3) is 0 Å². The van der Waals surface area contributed by atoms with Crippen molar-refractivity contribution in [1.29, 1.82) is 0 Å². The molecule has 0 spiro atoms. The maximum Gasteiger partial charge on any atom is 0.407 e. The van der Waals surface area contributed by atoms with Crippen molar-refractivity contribution >= 4 is 81.4 Å². The zero-order chi connectivity index (χ0) is 87.6. The largest absolute Gasteiger partial charge is 0.446 e. The number of alkyl carbamates (subject to hydrolysis) is 2. The summed E-state index contributed by atoms with van der Waals surface area (Å²) in [6, 6.07) is 34.4. The third-order valence-electron chi connectivity index (χ3n) is 22.0. The Morgan fingerprint density at radius 1 is 0.424 bits per heavy atom. The number of aryl methyl sites for hydroxylation is 2. The average molecular weight is 1700 g/mol. The maximum absolute atomic E-state index is 12.8. The van der Waals surface area contributed by atoms with Crippen molar-refractivity contribution in [3.63, 3.8) is 0 Å². The third kappa shape index (κ3) is 31.4. The number of ether oxygens (including phenoxy) is 2. The fourth-order valence-electron chi connectivity index (χ4n) is 15.5. The Hall–Kier alpha value is -12.4. The molecule has 28 heteroatoms. The molecule has 6 amide bonds. The summed E-state index contributed by atoms with van der Waals surface area (Å²) in [7, 11) is 0. The van der Waals surface area contributed by atoms with Gasteiger partial charge in [-0.3, -0.25) is 39.1 Å². The molecule has 8 aromatic rings. The minimum atomic E-state index is -0.426. The highest BCUT2D eigenvalue weighted by atomic mass is 16.6. The Balaban J connectivity index is 0.000000180. The van der Waals surface area contributed by atoms with Crippen molar-refractivity contribution in [3.8, 4) is 22.9 Å². The molecule has 125 heavy (non-hydrogen) atoms. The second kappa shape index (κ2) is 52.3. The molecule has 0 radical (unpaired) electrons. The van der Waals surface area contributed by atoms with E-state index >= 15 is 0 Å². The van der Waals surface area contributed by atoms with Crippen molar-refractivity contribution in [3.05, 3.63) is 203 Å². The first kappa shape index (κ1) is 96.5. The molecule has 8 heterocycles. The van der Waals surface area contributed by atoms with Gasteiger partial charge in [0.1, 0.15) is 29.3 Å². The highest BCUT2D eigenvalue weighted by Gasteiger charge is 2.41. The molecule has 1 saturated carbocycles. The molecule has 1 fully saturated rings. The molecule has 4 aliphatic carbocycles. The lowest BCUT2D eigenvalue weighted by molar-refractivity contribution is -0.117. The molecule has 5 atom stereocenters. The zero-order valence-electron chi connectivity index (χ0n) is 73.3. The van der Waals surface area contributed by atoms with E-state index in [0.29, 0.717) is 79.1 Å². The zero-order valence-corrected chi connectivity index (χ0v) is 73.3. The number of fused-ring (bicyclic) bond motifs is 3. The minimum absolute atomic E-state index is 0. The molecule has 0 bridgehead atoms. The SMILES string of the molecule is C.CCCC(=O)Nc1ccc(-c2nnc(C)c3c2CCCCCC3)nc1.CCCC(=O)Nc1ccc(-c2nnc(C)nn2)nc1.CCCC(=O)Nc1ccc(C2=NN=C(C)C3CCCCCC(OC(=O)NCc4ccccc4)C23)nc1.CCCC(=O)Nc1ccc(C2=NN=C(C)C3CCCCCC=C23)nc1.O=C(NCc1ccccc1)OC1/C=C/CCCCC1. The molecular weight excluding hydrogens is 1570 g/mol. The Kier molecular flexibility index (Phi) is 40.4. The van der Waals surface area contributed by atoms with Crippen molar-refractivity contribution in [2.24, 2.45) is 38.2 Å². The number of benzene rings is 2. The highest BCUT2D eigenvalue weighted by Crippen LogP contribution is 2.38. The van der Waals surface area contributed by atoms with E-state index in [4.69, 9.17) is 9.47 Å². The number of carbonyl (C=O) groups excluding carboxylic acids is 6. The number of nitrogens with one attached hydrogen (secondary N) is 6. The Labute approximate surface area is 736 Å². The number of aromatic nitrogens is 10. The number of pyridine rings is 4. The molecule has 2 aliphatic heterocycles. The predicted octanol–water partition coefficient (Wildman–Crippen LogP) is 20.1. The molecule has 2 aromatic carbocycles. The molecular formula is C97H126N20O8. The van der Waals surface area contributed by atoms with E-state index < -0.39 is 6.09 Å². The summed E-state index contributed by atoms with van der Waals surface area (Å²) < 4.78 is 11.5.